The van der Waals surface area contributed by atoms with E-state index in [1.54, 1.807) is 6.07 Å². The van der Waals surface area contributed by atoms with Crippen molar-refractivity contribution < 1.29 is 9.13 Å². The van der Waals surface area contributed by atoms with Crippen molar-refractivity contribution in [3.63, 3.8) is 0 Å². The second-order valence-electron chi connectivity index (χ2n) is 8.02. The molecule has 1 atom stereocenters. The highest BCUT2D eigenvalue weighted by molar-refractivity contribution is 14.0. The van der Waals surface area contributed by atoms with E-state index in [1.165, 1.54) is 6.07 Å². The van der Waals surface area contributed by atoms with Crippen LogP contribution < -0.4 is 10.6 Å². The zero-order valence-corrected chi connectivity index (χ0v) is 19.9. The smallest absolute Gasteiger partial charge is 0.191 e. The molecule has 7 nitrogen and oxygen atoms in total. The highest BCUT2D eigenvalue weighted by Gasteiger charge is 2.45. The van der Waals surface area contributed by atoms with E-state index < -0.39 is 0 Å². The number of ether oxygens (including phenoxy) is 1. The molecule has 0 spiro atoms. The molecule has 1 unspecified atom stereocenters. The molecular weight excluding hydrogens is 498 g/mol. The summed E-state index contributed by atoms with van der Waals surface area (Å²) < 4.78 is 22.0. The number of nitrogens with one attached hydrogen (secondary N) is 2. The fourth-order valence-electron chi connectivity index (χ4n) is 3.77. The summed E-state index contributed by atoms with van der Waals surface area (Å²) >= 11 is 0. The van der Waals surface area contributed by atoms with Crippen LogP contribution in [0, 0.1) is 12.7 Å². The summed E-state index contributed by atoms with van der Waals surface area (Å²) in [5.74, 6) is 2.22. The van der Waals surface area contributed by atoms with Gasteiger partial charge >= 0.3 is 0 Å². The molecule has 1 aliphatic carbocycles. The lowest BCUT2D eigenvalue weighted by molar-refractivity contribution is 0.113. The molecule has 2 aromatic rings. The van der Waals surface area contributed by atoms with E-state index in [0.717, 1.165) is 49.5 Å². The van der Waals surface area contributed by atoms with E-state index in [4.69, 9.17) is 9.73 Å². The third kappa shape index (κ3) is 5.29. The van der Waals surface area contributed by atoms with Crippen LogP contribution in [0.4, 0.5) is 4.39 Å². The molecule has 0 bridgehead atoms. The quantitative estimate of drug-likeness (QED) is 0.329. The molecule has 2 N–H and O–H groups in total. The lowest BCUT2D eigenvalue weighted by atomic mass is 9.95. The number of nitrogens with zero attached hydrogens (tertiary/aromatic N) is 4. The lowest BCUT2D eigenvalue weighted by Crippen LogP contribution is -2.44. The number of aryl methyl sites for hydroxylation is 1. The number of hydrogen-bond donors (Lipinski definition) is 2. The highest BCUT2D eigenvalue weighted by Crippen LogP contribution is 2.48. The number of benzene rings is 1. The largest absolute Gasteiger partial charge is 0.376 e. The molecule has 2 heterocycles. The molecule has 4 rings (SSSR count). The first-order valence-corrected chi connectivity index (χ1v) is 10.3. The predicted octanol–water partition coefficient (Wildman–Crippen LogP) is 2.83. The van der Waals surface area contributed by atoms with E-state index in [2.05, 4.69) is 20.8 Å². The SMILES string of the molecule is Cc1nnc(CN=C(NCC2CCCO2)NCC2(c3ccccc3F)CC2)n1C.I. The molecule has 2 aliphatic rings. The van der Waals surface area contributed by atoms with Crippen molar-refractivity contribution in [2.45, 2.75) is 50.7 Å². The topological polar surface area (TPSA) is 76.4 Å². The van der Waals surface area contributed by atoms with Gasteiger partial charge in [-0.25, -0.2) is 9.38 Å². The second-order valence-corrected chi connectivity index (χ2v) is 8.02. The van der Waals surface area contributed by atoms with Gasteiger partial charge in [0.15, 0.2) is 11.8 Å². The number of hydrogen-bond acceptors (Lipinski definition) is 4. The molecule has 1 aliphatic heterocycles. The van der Waals surface area contributed by atoms with Crippen molar-refractivity contribution in [2.75, 3.05) is 19.7 Å². The average Bonchev–Trinajstić information content (AvgIpc) is 3.18. The summed E-state index contributed by atoms with van der Waals surface area (Å²) in [6, 6.07) is 7.07. The van der Waals surface area contributed by atoms with Crippen LogP contribution in [0.15, 0.2) is 29.3 Å². The van der Waals surface area contributed by atoms with Gasteiger partial charge in [0, 0.05) is 32.2 Å². The maximum absolute atomic E-state index is 14.3. The van der Waals surface area contributed by atoms with Crippen molar-refractivity contribution in [2.24, 2.45) is 12.0 Å². The Morgan fingerprint density at radius 3 is 2.73 bits per heavy atom. The Morgan fingerprint density at radius 2 is 2.10 bits per heavy atom. The summed E-state index contributed by atoms with van der Waals surface area (Å²) in [6.07, 6.45) is 4.31. The summed E-state index contributed by atoms with van der Waals surface area (Å²) in [6.45, 7) is 4.51. The molecule has 1 aromatic carbocycles. The van der Waals surface area contributed by atoms with Crippen molar-refractivity contribution in [1.82, 2.24) is 25.4 Å². The van der Waals surface area contributed by atoms with Gasteiger partial charge in [-0.3, -0.25) is 0 Å². The van der Waals surface area contributed by atoms with Crippen LogP contribution in [0.3, 0.4) is 0 Å². The van der Waals surface area contributed by atoms with Crippen molar-refractivity contribution in [3.05, 3.63) is 47.3 Å². The first-order valence-electron chi connectivity index (χ1n) is 10.3. The molecule has 0 radical (unpaired) electrons. The Bertz CT molecular complexity index is 876. The Labute approximate surface area is 193 Å². The van der Waals surface area contributed by atoms with E-state index in [0.29, 0.717) is 25.6 Å². The summed E-state index contributed by atoms with van der Waals surface area (Å²) in [5.41, 5.74) is 0.633. The Balaban J connectivity index is 0.00000256. The molecule has 164 valence electrons. The molecule has 1 saturated carbocycles. The van der Waals surface area contributed by atoms with Gasteiger partial charge in [0.2, 0.25) is 0 Å². The standard InChI is InChI=1S/C21H29FN6O.HI/c1-15-26-27-19(28(15)2)13-24-20(23-12-16-6-5-11-29-16)25-14-21(9-10-21)17-7-3-4-8-18(17)22;/h3-4,7-8,16H,5-6,9-14H2,1-2H3,(H2,23,24,25);1H. The minimum Gasteiger partial charge on any atom is -0.376 e. The first-order chi connectivity index (χ1) is 14.1. The minimum absolute atomic E-state index is 0. The zero-order valence-electron chi connectivity index (χ0n) is 17.5. The molecule has 1 saturated heterocycles. The molecule has 2 fully saturated rings. The molecule has 9 heteroatoms. The van der Waals surface area contributed by atoms with E-state index in [-0.39, 0.29) is 41.3 Å². The van der Waals surface area contributed by atoms with Crippen LogP contribution in [0.1, 0.15) is 42.9 Å². The van der Waals surface area contributed by atoms with E-state index in [1.807, 2.05) is 30.7 Å². The molecule has 30 heavy (non-hydrogen) atoms. The van der Waals surface area contributed by atoms with Gasteiger partial charge in [0.25, 0.3) is 0 Å². The van der Waals surface area contributed by atoms with Gasteiger partial charge in [0.1, 0.15) is 18.2 Å². The van der Waals surface area contributed by atoms with Crippen LogP contribution in [0.2, 0.25) is 0 Å². The average molecular weight is 528 g/mol. The number of aliphatic imine (C=N–C) groups is 1. The van der Waals surface area contributed by atoms with Crippen LogP contribution in [-0.2, 0) is 23.7 Å². The lowest BCUT2D eigenvalue weighted by Gasteiger charge is -2.21. The zero-order chi connectivity index (χ0) is 20.3. The van der Waals surface area contributed by atoms with Crippen LogP contribution in [-0.4, -0.2) is 46.5 Å². The maximum Gasteiger partial charge on any atom is 0.191 e. The van der Waals surface area contributed by atoms with Gasteiger partial charge in [-0.2, -0.15) is 0 Å². The Kier molecular flexibility index (Phi) is 7.67. The summed E-state index contributed by atoms with van der Waals surface area (Å²) in [4.78, 5) is 4.70. The Hall–Kier alpha value is -1.75. The van der Waals surface area contributed by atoms with Crippen molar-refractivity contribution in [3.8, 4) is 0 Å². The second kappa shape index (κ2) is 10.0. The van der Waals surface area contributed by atoms with Gasteiger partial charge < -0.3 is 19.9 Å². The van der Waals surface area contributed by atoms with Gasteiger partial charge in [0.05, 0.1) is 6.10 Å². The van der Waals surface area contributed by atoms with Gasteiger partial charge in [-0.05, 0) is 44.2 Å². The monoisotopic (exact) mass is 528 g/mol. The predicted molar refractivity (Wildman–Crippen MR) is 125 cm³/mol. The summed E-state index contributed by atoms with van der Waals surface area (Å²) in [7, 11) is 1.93. The molecule has 0 amide bonds. The van der Waals surface area contributed by atoms with Crippen molar-refractivity contribution >= 4 is 29.9 Å². The normalized spacial score (nSPS) is 20.0. The minimum atomic E-state index is -0.154. The first kappa shape index (κ1) is 22.9. The number of guanidine groups is 1. The maximum atomic E-state index is 14.3. The third-order valence-corrected chi connectivity index (χ3v) is 5.98. The van der Waals surface area contributed by atoms with Crippen LogP contribution in [0.5, 0.6) is 0 Å². The van der Waals surface area contributed by atoms with E-state index >= 15 is 0 Å². The molecule has 1 aromatic heterocycles. The number of halogens is 2. The highest BCUT2D eigenvalue weighted by atomic mass is 127. The van der Waals surface area contributed by atoms with Crippen LogP contribution >= 0.6 is 24.0 Å². The summed E-state index contributed by atoms with van der Waals surface area (Å²) in [5, 5.41) is 15.1. The van der Waals surface area contributed by atoms with Gasteiger partial charge in [-0.1, -0.05) is 18.2 Å². The molecular formula is C21H30FIN6O. The third-order valence-electron chi connectivity index (χ3n) is 5.98. The van der Waals surface area contributed by atoms with Crippen LogP contribution in [0.25, 0.3) is 0 Å². The van der Waals surface area contributed by atoms with Gasteiger partial charge in [-0.15, -0.1) is 34.2 Å². The number of rotatable bonds is 7. The van der Waals surface area contributed by atoms with E-state index in [9.17, 15) is 4.39 Å². The Morgan fingerprint density at radius 1 is 1.30 bits per heavy atom. The fourth-order valence-corrected chi connectivity index (χ4v) is 3.77. The van der Waals surface area contributed by atoms with Crippen molar-refractivity contribution in [1.29, 1.82) is 0 Å². The number of aromatic nitrogens is 3. The fraction of sp³-hybridized carbons (Fsp3) is 0.571.